The number of nitrogens with two attached hydrogens (primary N) is 1. The van der Waals surface area contributed by atoms with Gasteiger partial charge in [-0.1, -0.05) is 6.92 Å². The molecule has 1 atom stereocenters. The zero-order valence-electron chi connectivity index (χ0n) is 11.1. The maximum atomic E-state index is 5.79. The lowest BCUT2D eigenvalue weighted by atomic mass is 10.2. The molecule has 2 aromatic heterocycles. The van der Waals surface area contributed by atoms with E-state index in [0.29, 0.717) is 24.1 Å². The number of pyridine rings is 1. The molecule has 1 unspecified atom stereocenters. The minimum absolute atomic E-state index is 0.342. The molecule has 0 aliphatic heterocycles. The van der Waals surface area contributed by atoms with E-state index < -0.39 is 0 Å². The topological polar surface area (TPSA) is 73.1 Å². The van der Waals surface area contributed by atoms with E-state index in [0.717, 1.165) is 17.4 Å². The average molecular weight is 278 g/mol. The number of nitrogens with zero attached hydrogens (tertiary/aromatic N) is 2. The third-order valence-electron chi connectivity index (χ3n) is 2.63. The van der Waals surface area contributed by atoms with Gasteiger partial charge in [-0.25, -0.2) is 4.98 Å². The molecule has 3 N–H and O–H groups in total. The molecular formula is C13H18N4OS. The van der Waals surface area contributed by atoms with Gasteiger partial charge in [0.1, 0.15) is 5.82 Å². The standard InChI is InChI=1S/C13H18N4OS/c1-3-18-12-10(14)4-5-11(17-12)16-8-9(2)13-15-6-7-19-13/h4-7,9H,3,8,14H2,1-2H3,(H,16,17). The third kappa shape index (κ3) is 3.57. The maximum absolute atomic E-state index is 5.79. The zero-order valence-corrected chi connectivity index (χ0v) is 11.9. The SMILES string of the molecule is CCOc1nc(NCC(C)c2nccs2)ccc1N. The first-order valence-corrected chi connectivity index (χ1v) is 7.11. The number of aromatic nitrogens is 2. The van der Waals surface area contributed by atoms with Crippen molar-refractivity contribution in [3.05, 3.63) is 28.7 Å². The molecule has 0 aromatic carbocycles. The van der Waals surface area contributed by atoms with E-state index in [1.165, 1.54) is 0 Å². The molecular weight excluding hydrogens is 260 g/mol. The van der Waals surface area contributed by atoms with Gasteiger partial charge in [0.2, 0.25) is 5.88 Å². The fraction of sp³-hybridized carbons (Fsp3) is 0.385. The molecule has 2 rings (SSSR count). The zero-order chi connectivity index (χ0) is 13.7. The van der Waals surface area contributed by atoms with Gasteiger partial charge in [0.05, 0.1) is 17.3 Å². The Balaban J connectivity index is 1.97. The molecule has 0 amide bonds. The van der Waals surface area contributed by atoms with E-state index >= 15 is 0 Å². The first-order chi connectivity index (χ1) is 9.20. The van der Waals surface area contributed by atoms with E-state index in [1.54, 1.807) is 17.4 Å². The molecule has 0 saturated heterocycles. The van der Waals surface area contributed by atoms with Crippen LogP contribution in [0.3, 0.4) is 0 Å². The van der Waals surface area contributed by atoms with Crippen LogP contribution >= 0.6 is 11.3 Å². The van der Waals surface area contributed by atoms with Gasteiger partial charge in [0.15, 0.2) is 0 Å². The Morgan fingerprint density at radius 2 is 2.32 bits per heavy atom. The summed E-state index contributed by atoms with van der Waals surface area (Å²) in [5.41, 5.74) is 6.34. The molecule has 0 aliphatic rings. The third-order valence-corrected chi connectivity index (χ3v) is 3.64. The minimum atomic E-state index is 0.342. The number of hydrogen-bond donors (Lipinski definition) is 2. The highest BCUT2D eigenvalue weighted by molar-refractivity contribution is 7.09. The molecule has 0 spiro atoms. The van der Waals surface area contributed by atoms with Crippen molar-refractivity contribution < 1.29 is 4.74 Å². The predicted octanol–water partition coefficient (Wildman–Crippen LogP) is 2.73. The van der Waals surface area contributed by atoms with Crippen molar-refractivity contribution in [1.29, 1.82) is 0 Å². The summed E-state index contributed by atoms with van der Waals surface area (Å²) in [7, 11) is 0. The van der Waals surface area contributed by atoms with Crippen LogP contribution in [0.4, 0.5) is 11.5 Å². The Hall–Kier alpha value is -1.82. The molecule has 102 valence electrons. The van der Waals surface area contributed by atoms with Crippen molar-refractivity contribution in [1.82, 2.24) is 9.97 Å². The number of anilines is 2. The quantitative estimate of drug-likeness (QED) is 0.850. The van der Waals surface area contributed by atoms with Gasteiger partial charge in [-0.3, -0.25) is 0 Å². The summed E-state index contributed by atoms with van der Waals surface area (Å²) in [6.45, 7) is 5.37. The Labute approximate surface area is 116 Å². The van der Waals surface area contributed by atoms with Crippen LogP contribution in [0.1, 0.15) is 24.8 Å². The summed E-state index contributed by atoms with van der Waals surface area (Å²) >= 11 is 1.66. The second kappa shape index (κ2) is 6.38. The Bertz CT molecular complexity index is 515. The van der Waals surface area contributed by atoms with Crippen molar-refractivity contribution in [2.45, 2.75) is 19.8 Å². The van der Waals surface area contributed by atoms with Gasteiger partial charge >= 0.3 is 0 Å². The van der Waals surface area contributed by atoms with Crippen LogP contribution in [0.5, 0.6) is 5.88 Å². The van der Waals surface area contributed by atoms with Crippen LogP contribution in [0, 0.1) is 0 Å². The fourth-order valence-corrected chi connectivity index (χ4v) is 2.32. The van der Waals surface area contributed by atoms with Crippen molar-refractivity contribution in [2.75, 3.05) is 24.2 Å². The summed E-state index contributed by atoms with van der Waals surface area (Å²) < 4.78 is 5.37. The summed E-state index contributed by atoms with van der Waals surface area (Å²) in [5, 5.41) is 6.38. The number of hydrogen-bond acceptors (Lipinski definition) is 6. The van der Waals surface area contributed by atoms with Gasteiger partial charge in [-0.2, -0.15) is 4.98 Å². The van der Waals surface area contributed by atoms with Gasteiger partial charge in [-0.05, 0) is 19.1 Å². The lowest BCUT2D eigenvalue weighted by Gasteiger charge is -2.12. The maximum Gasteiger partial charge on any atom is 0.239 e. The average Bonchev–Trinajstić information content (AvgIpc) is 2.93. The molecule has 0 radical (unpaired) electrons. The van der Waals surface area contributed by atoms with Crippen LogP contribution in [0.2, 0.25) is 0 Å². The van der Waals surface area contributed by atoms with E-state index in [-0.39, 0.29) is 0 Å². The number of rotatable bonds is 6. The number of ether oxygens (including phenoxy) is 1. The molecule has 0 saturated carbocycles. The largest absolute Gasteiger partial charge is 0.476 e. The van der Waals surface area contributed by atoms with Gasteiger partial charge < -0.3 is 15.8 Å². The summed E-state index contributed by atoms with van der Waals surface area (Å²) in [6, 6.07) is 3.65. The molecule has 0 bridgehead atoms. The normalized spacial score (nSPS) is 12.1. The highest BCUT2D eigenvalue weighted by Crippen LogP contribution is 2.22. The second-order valence-electron chi connectivity index (χ2n) is 4.18. The number of nitrogen functional groups attached to an aromatic ring is 1. The lowest BCUT2D eigenvalue weighted by molar-refractivity contribution is 0.329. The summed E-state index contributed by atoms with van der Waals surface area (Å²) in [6.07, 6.45) is 1.82. The predicted molar refractivity (Wildman–Crippen MR) is 78.8 cm³/mol. The first kappa shape index (κ1) is 13.6. The van der Waals surface area contributed by atoms with Crippen LogP contribution < -0.4 is 15.8 Å². The molecule has 0 fully saturated rings. The lowest BCUT2D eigenvalue weighted by Crippen LogP contribution is -2.11. The first-order valence-electron chi connectivity index (χ1n) is 6.23. The molecule has 0 aliphatic carbocycles. The Kier molecular flexibility index (Phi) is 4.57. The molecule has 2 aromatic rings. The molecule has 6 heteroatoms. The Morgan fingerprint density at radius 3 is 3.00 bits per heavy atom. The number of nitrogens with one attached hydrogen (secondary N) is 1. The van der Waals surface area contributed by atoms with E-state index in [1.807, 2.05) is 24.6 Å². The van der Waals surface area contributed by atoms with E-state index in [4.69, 9.17) is 10.5 Å². The highest BCUT2D eigenvalue weighted by atomic mass is 32.1. The summed E-state index contributed by atoms with van der Waals surface area (Å²) in [5.74, 6) is 1.59. The summed E-state index contributed by atoms with van der Waals surface area (Å²) in [4.78, 5) is 8.64. The van der Waals surface area contributed by atoms with Crippen molar-refractivity contribution >= 4 is 22.8 Å². The van der Waals surface area contributed by atoms with E-state index in [9.17, 15) is 0 Å². The fourth-order valence-electron chi connectivity index (χ4n) is 1.62. The monoisotopic (exact) mass is 278 g/mol. The second-order valence-corrected chi connectivity index (χ2v) is 5.10. The molecule has 5 nitrogen and oxygen atoms in total. The minimum Gasteiger partial charge on any atom is -0.476 e. The van der Waals surface area contributed by atoms with Crippen LogP contribution in [0.15, 0.2) is 23.7 Å². The smallest absolute Gasteiger partial charge is 0.239 e. The van der Waals surface area contributed by atoms with Crippen LogP contribution in [-0.2, 0) is 0 Å². The van der Waals surface area contributed by atoms with Crippen LogP contribution in [0.25, 0.3) is 0 Å². The molecule has 19 heavy (non-hydrogen) atoms. The van der Waals surface area contributed by atoms with Crippen molar-refractivity contribution in [3.63, 3.8) is 0 Å². The Morgan fingerprint density at radius 1 is 1.47 bits per heavy atom. The highest BCUT2D eigenvalue weighted by Gasteiger charge is 2.09. The number of thiazole rings is 1. The van der Waals surface area contributed by atoms with Gasteiger partial charge in [0, 0.05) is 24.0 Å². The molecule has 2 heterocycles. The van der Waals surface area contributed by atoms with Crippen LogP contribution in [-0.4, -0.2) is 23.1 Å². The van der Waals surface area contributed by atoms with Crippen molar-refractivity contribution in [3.8, 4) is 5.88 Å². The van der Waals surface area contributed by atoms with Crippen molar-refractivity contribution in [2.24, 2.45) is 0 Å². The van der Waals surface area contributed by atoms with E-state index in [2.05, 4.69) is 22.2 Å². The van der Waals surface area contributed by atoms with Gasteiger partial charge in [0.25, 0.3) is 0 Å². The van der Waals surface area contributed by atoms with Gasteiger partial charge in [-0.15, -0.1) is 11.3 Å².